The molecule has 0 saturated heterocycles. The maximum Gasteiger partial charge on any atom is 0.254 e. The highest BCUT2D eigenvalue weighted by atomic mass is 35.5. The fraction of sp³-hybridized carbons (Fsp3) is 0.267. The third-order valence-corrected chi connectivity index (χ3v) is 3.18. The average molecular weight is 321 g/mol. The van der Waals surface area contributed by atoms with Crippen molar-refractivity contribution in [2.45, 2.75) is 6.92 Å². The van der Waals surface area contributed by atoms with E-state index in [2.05, 4.69) is 20.6 Å². The molecule has 0 atom stereocenters. The van der Waals surface area contributed by atoms with Gasteiger partial charge in [-0.1, -0.05) is 11.6 Å². The minimum absolute atomic E-state index is 0.230. The van der Waals surface area contributed by atoms with Crippen LogP contribution in [0.5, 0.6) is 0 Å². The molecule has 2 rings (SSSR count). The quantitative estimate of drug-likeness (QED) is 0.800. The van der Waals surface area contributed by atoms with Gasteiger partial charge in [0, 0.05) is 36.8 Å². The lowest BCUT2D eigenvalue weighted by molar-refractivity contribution is 0.0936. The minimum atomic E-state index is -0.230. The number of amides is 1. The van der Waals surface area contributed by atoms with Crippen molar-refractivity contribution in [3.8, 4) is 0 Å². The lowest BCUT2D eigenvalue weighted by Gasteiger charge is -2.09. The number of nitrogens with one attached hydrogen (secondary N) is 2. The number of aryl methyl sites for hydroxylation is 1. The molecular weight excluding hydrogens is 304 g/mol. The summed E-state index contributed by atoms with van der Waals surface area (Å²) in [5.74, 6) is 0.185. The zero-order valence-corrected chi connectivity index (χ0v) is 13.1. The predicted octanol–water partition coefficient (Wildman–Crippen LogP) is 2.56. The molecule has 0 unspecified atom stereocenters. The summed E-state index contributed by atoms with van der Waals surface area (Å²) in [5, 5.41) is 6.46. The number of carbonyl (C=O) groups excluding carboxylic acids is 1. The number of nitrogens with zero attached hydrogens (tertiary/aromatic N) is 2. The Kier molecular flexibility index (Phi) is 5.68. The van der Waals surface area contributed by atoms with Gasteiger partial charge in [0.2, 0.25) is 5.95 Å². The van der Waals surface area contributed by atoms with E-state index in [0.29, 0.717) is 29.7 Å². The maximum atomic E-state index is 11.8. The zero-order valence-electron chi connectivity index (χ0n) is 12.4. The van der Waals surface area contributed by atoms with Crippen LogP contribution in [0.25, 0.3) is 0 Å². The molecule has 0 fully saturated rings. The number of hydrogen-bond acceptors (Lipinski definition) is 5. The molecule has 0 saturated carbocycles. The van der Waals surface area contributed by atoms with E-state index in [4.69, 9.17) is 16.3 Å². The highest BCUT2D eigenvalue weighted by Crippen LogP contribution is 2.21. The molecule has 6 nitrogen and oxygen atoms in total. The summed E-state index contributed by atoms with van der Waals surface area (Å²) in [5.41, 5.74) is 2.24. The molecule has 0 spiro atoms. The second-order valence-electron chi connectivity index (χ2n) is 4.63. The first kappa shape index (κ1) is 16.2. The van der Waals surface area contributed by atoms with Gasteiger partial charge in [0.1, 0.15) is 0 Å². The topological polar surface area (TPSA) is 76.1 Å². The molecule has 116 valence electrons. The number of aromatic nitrogens is 2. The summed E-state index contributed by atoms with van der Waals surface area (Å²) in [4.78, 5) is 20.1. The fourth-order valence-electron chi connectivity index (χ4n) is 1.77. The molecule has 0 bridgehead atoms. The lowest BCUT2D eigenvalue weighted by atomic mass is 10.2. The van der Waals surface area contributed by atoms with E-state index >= 15 is 0 Å². The zero-order chi connectivity index (χ0) is 15.9. The standard InChI is InChI=1S/C15H17ClN4O2/c1-10-7-12(16)3-4-13(10)20-15-18-8-11(9-19-15)14(21)17-5-6-22-2/h3-4,7-9H,5-6H2,1-2H3,(H,17,21)(H,18,19,20). The van der Waals surface area contributed by atoms with Crippen LogP contribution in [-0.4, -0.2) is 36.1 Å². The number of ether oxygens (including phenoxy) is 1. The van der Waals surface area contributed by atoms with Crippen molar-refractivity contribution in [3.63, 3.8) is 0 Å². The number of anilines is 2. The van der Waals surface area contributed by atoms with Gasteiger partial charge in [-0.15, -0.1) is 0 Å². The van der Waals surface area contributed by atoms with Crippen molar-refractivity contribution in [1.29, 1.82) is 0 Å². The van der Waals surface area contributed by atoms with Crippen LogP contribution in [0.2, 0.25) is 5.02 Å². The number of carbonyl (C=O) groups is 1. The predicted molar refractivity (Wildman–Crippen MR) is 85.7 cm³/mol. The monoisotopic (exact) mass is 320 g/mol. The second kappa shape index (κ2) is 7.72. The first-order chi connectivity index (χ1) is 10.6. The van der Waals surface area contributed by atoms with E-state index in [1.54, 1.807) is 13.2 Å². The summed E-state index contributed by atoms with van der Waals surface area (Å²) < 4.78 is 4.87. The van der Waals surface area contributed by atoms with E-state index < -0.39 is 0 Å². The van der Waals surface area contributed by atoms with E-state index in [1.165, 1.54) is 12.4 Å². The SMILES string of the molecule is COCCNC(=O)c1cnc(Nc2ccc(Cl)cc2C)nc1. The summed E-state index contributed by atoms with van der Waals surface area (Å²) in [6.07, 6.45) is 2.95. The molecule has 1 heterocycles. The Bertz CT molecular complexity index is 646. The Morgan fingerprint density at radius 3 is 2.68 bits per heavy atom. The Hall–Kier alpha value is -2.18. The van der Waals surface area contributed by atoms with Crippen LogP contribution >= 0.6 is 11.6 Å². The first-order valence-electron chi connectivity index (χ1n) is 6.72. The van der Waals surface area contributed by atoms with Gasteiger partial charge in [0.15, 0.2) is 0 Å². The number of methoxy groups -OCH3 is 1. The molecule has 22 heavy (non-hydrogen) atoms. The van der Waals surface area contributed by atoms with Crippen molar-refractivity contribution < 1.29 is 9.53 Å². The van der Waals surface area contributed by atoms with Gasteiger partial charge < -0.3 is 15.4 Å². The van der Waals surface area contributed by atoms with Crippen molar-refractivity contribution in [1.82, 2.24) is 15.3 Å². The van der Waals surface area contributed by atoms with Gasteiger partial charge in [-0.3, -0.25) is 4.79 Å². The molecule has 2 N–H and O–H groups in total. The van der Waals surface area contributed by atoms with Gasteiger partial charge in [0.25, 0.3) is 5.91 Å². The Labute approximate surface area is 133 Å². The highest BCUT2D eigenvalue weighted by molar-refractivity contribution is 6.30. The average Bonchev–Trinajstić information content (AvgIpc) is 2.51. The fourth-order valence-corrected chi connectivity index (χ4v) is 1.99. The number of benzene rings is 1. The highest BCUT2D eigenvalue weighted by Gasteiger charge is 2.07. The van der Waals surface area contributed by atoms with Crippen LogP contribution in [0.3, 0.4) is 0 Å². The number of hydrogen-bond donors (Lipinski definition) is 2. The van der Waals surface area contributed by atoms with Gasteiger partial charge >= 0.3 is 0 Å². The van der Waals surface area contributed by atoms with Crippen LogP contribution < -0.4 is 10.6 Å². The second-order valence-corrected chi connectivity index (χ2v) is 5.06. The van der Waals surface area contributed by atoms with Gasteiger partial charge in [-0.05, 0) is 30.7 Å². The van der Waals surface area contributed by atoms with Crippen molar-refractivity contribution >= 4 is 29.1 Å². The molecule has 7 heteroatoms. The van der Waals surface area contributed by atoms with Crippen molar-refractivity contribution in [2.24, 2.45) is 0 Å². The van der Waals surface area contributed by atoms with Crippen molar-refractivity contribution in [3.05, 3.63) is 46.7 Å². The molecule has 1 aromatic heterocycles. The van der Waals surface area contributed by atoms with Gasteiger partial charge in [-0.2, -0.15) is 0 Å². The number of halogens is 1. The van der Waals surface area contributed by atoms with Crippen LogP contribution in [0, 0.1) is 6.92 Å². The third-order valence-electron chi connectivity index (χ3n) is 2.94. The molecule has 0 aliphatic heterocycles. The van der Waals surface area contributed by atoms with Crippen LogP contribution in [-0.2, 0) is 4.74 Å². The summed E-state index contributed by atoms with van der Waals surface area (Å²) >= 11 is 5.92. The summed E-state index contributed by atoms with van der Waals surface area (Å²) in [6, 6.07) is 5.49. The van der Waals surface area contributed by atoms with Crippen LogP contribution in [0.1, 0.15) is 15.9 Å². The van der Waals surface area contributed by atoms with Crippen LogP contribution in [0.4, 0.5) is 11.6 Å². The molecule has 0 radical (unpaired) electrons. The van der Waals surface area contributed by atoms with E-state index in [1.807, 2.05) is 19.1 Å². The molecule has 1 aromatic carbocycles. The van der Waals surface area contributed by atoms with E-state index in [-0.39, 0.29) is 5.91 Å². The summed E-state index contributed by atoms with van der Waals surface area (Å²) in [6.45, 7) is 2.84. The van der Waals surface area contributed by atoms with Crippen molar-refractivity contribution in [2.75, 3.05) is 25.6 Å². The molecule has 0 aliphatic carbocycles. The normalized spacial score (nSPS) is 10.3. The molecule has 2 aromatic rings. The Balaban J connectivity index is 2.01. The number of rotatable bonds is 6. The van der Waals surface area contributed by atoms with Gasteiger partial charge in [0.05, 0.1) is 12.2 Å². The minimum Gasteiger partial charge on any atom is -0.383 e. The Morgan fingerprint density at radius 1 is 1.32 bits per heavy atom. The molecule has 0 aliphatic rings. The van der Waals surface area contributed by atoms with E-state index in [9.17, 15) is 4.79 Å². The smallest absolute Gasteiger partial charge is 0.254 e. The Morgan fingerprint density at radius 2 is 2.05 bits per heavy atom. The maximum absolute atomic E-state index is 11.8. The largest absolute Gasteiger partial charge is 0.383 e. The first-order valence-corrected chi connectivity index (χ1v) is 7.10. The lowest BCUT2D eigenvalue weighted by Crippen LogP contribution is -2.27. The van der Waals surface area contributed by atoms with E-state index in [0.717, 1.165) is 11.3 Å². The molecule has 1 amide bonds. The van der Waals surface area contributed by atoms with Crippen LogP contribution in [0.15, 0.2) is 30.6 Å². The summed E-state index contributed by atoms with van der Waals surface area (Å²) in [7, 11) is 1.58. The molecular formula is C15H17ClN4O2. The third kappa shape index (κ3) is 4.41. The van der Waals surface area contributed by atoms with Gasteiger partial charge in [-0.25, -0.2) is 9.97 Å².